The number of para-hydroxylation sites is 1. The van der Waals surface area contributed by atoms with Gasteiger partial charge in [0.15, 0.2) is 6.10 Å². The molecule has 0 spiro atoms. The number of nitrogens with zero attached hydrogens (tertiary/aromatic N) is 2. The van der Waals surface area contributed by atoms with Crippen LogP contribution in [0.25, 0.3) is 0 Å². The summed E-state index contributed by atoms with van der Waals surface area (Å²) in [6, 6.07) is 9.73. The number of ether oxygens (including phenoxy) is 1. The van der Waals surface area contributed by atoms with E-state index in [1.165, 1.54) is 5.17 Å². The smallest absolute Gasteiger partial charge is 0.337 e. The van der Waals surface area contributed by atoms with Gasteiger partial charge in [0, 0.05) is 6.20 Å². The van der Waals surface area contributed by atoms with Crippen molar-refractivity contribution in [2.75, 3.05) is 11.6 Å². The first-order valence-electron chi connectivity index (χ1n) is 6.12. The van der Waals surface area contributed by atoms with Crippen LogP contribution in [0, 0.1) is 0 Å². The summed E-state index contributed by atoms with van der Waals surface area (Å²) in [5.41, 5.74) is 3.93. The first-order valence-corrected chi connectivity index (χ1v) is 6.12. The van der Waals surface area contributed by atoms with Gasteiger partial charge in [0.25, 0.3) is 0 Å². The maximum Gasteiger partial charge on any atom is 0.337 e. The number of hydrogen-bond acceptors (Lipinski definition) is 6. The van der Waals surface area contributed by atoms with Crippen molar-refractivity contribution in [2.45, 2.75) is 20.0 Å². The minimum atomic E-state index is -0.673. The molecule has 1 N–H and O–H groups in total. The number of hydroxylamine groups is 1. The lowest BCUT2D eigenvalue weighted by molar-refractivity contribution is -0.205. The molecule has 102 valence electrons. The van der Waals surface area contributed by atoms with Crippen LogP contribution in [-0.4, -0.2) is 23.9 Å². The lowest BCUT2D eigenvalue weighted by Gasteiger charge is -2.23. The average molecular weight is 263 g/mol. The molecule has 0 fully saturated rings. The highest BCUT2D eigenvalue weighted by molar-refractivity contribution is 5.74. The summed E-state index contributed by atoms with van der Waals surface area (Å²) in [4.78, 5) is 16.8. The van der Waals surface area contributed by atoms with Crippen LogP contribution in [-0.2, 0) is 14.4 Å². The summed E-state index contributed by atoms with van der Waals surface area (Å²) in [6.07, 6.45) is 2.81. The van der Waals surface area contributed by atoms with Gasteiger partial charge in [-0.05, 0) is 26.0 Å². The van der Waals surface area contributed by atoms with Gasteiger partial charge >= 0.3 is 5.97 Å². The van der Waals surface area contributed by atoms with Gasteiger partial charge in [-0.1, -0.05) is 18.2 Å². The molecule has 0 bridgehead atoms. The van der Waals surface area contributed by atoms with Gasteiger partial charge in [0.1, 0.15) is 0 Å². The van der Waals surface area contributed by atoms with Crippen molar-refractivity contribution in [2.24, 2.45) is 0 Å². The first-order chi connectivity index (χ1) is 9.20. The molecule has 1 aromatic rings. The Labute approximate surface area is 112 Å². The molecular weight excluding hydrogens is 246 g/mol. The van der Waals surface area contributed by atoms with E-state index in [2.05, 4.69) is 5.53 Å². The van der Waals surface area contributed by atoms with Crippen LogP contribution in [0.1, 0.15) is 13.8 Å². The molecule has 1 aliphatic rings. The molecule has 2 rings (SSSR count). The number of carbonyl (C=O) groups is 1. The summed E-state index contributed by atoms with van der Waals surface area (Å²) < 4.78 is 4.87. The van der Waals surface area contributed by atoms with Crippen molar-refractivity contribution >= 4 is 11.7 Å². The molecule has 1 unspecified atom stereocenters. The predicted molar refractivity (Wildman–Crippen MR) is 70.2 cm³/mol. The fourth-order valence-electron chi connectivity index (χ4n) is 1.56. The maximum absolute atomic E-state index is 11.4. The molecule has 1 aliphatic heterocycles. The Morgan fingerprint density at radius 2 is 2.05 bits per heavy atom. The second kappa shape index (κ2) is 6.21. The summed E-state index contributed by atoms with van der Waals surface area (Å²) in [5, 5.41) is 3.15. The average Bonchev–Trinajstić information content (AvgIpc) is 2.88. The Balaban J connectivity index is 1.86. The third-order valence-electron chi connectivity index (χ3n) is 2.48. The highest BCUT2D eigenvalue weighted by atomic mass is 16.7. The molecule has 0 saturated carbocycles. The van der Waals surface area contributed by atoms with Crippen LogP contribution in [0.4, 0.5) is 5.69 Å². The van der Waals surface area contributed by atoms with Crippen molar-refractivity contribution < 1.29 is 14.4 Å². The number of rotatable bonds is 5. The fraction of sp³-hybridized carbons (Fsp3) is 0.308. The summed E-state index contributed by atoms with van der Waals surface area (Å²) in [7, 11) is 0. The lowest BCUT2D eigenvalue weighted by Crippen LogP contribution is -2.42. The van der Waals surface area contributed by atoms with E-state index >= 15 is 0 Å². The molecule has 0 saturated heterocycles. The second-order valence-corrected chi connectivity index (χ2v) is 3.93. The van der Waals surface area contributed by atoms with Gasteiger partial charge in [-0.3, -0.25) is 5.01 Å². The van der Waals surface area contributed by atoms with Crippen molar-refractivity contribution in [1.29, 1.82) is 0 Å². The molecule has 0 aromatic heterocycles. The lowest BCUT2D eigenvalue weighted by atomic mass is 10.3. The molecule has 1 heterocycles. The largest absolute Gasteiger partial charge is 0.464 e. The molecular formula is C13H17N3O3. The Morgan fingerprint density at radius 3 is 2.74 bits per heavy atom. The molecule has 1 aromatic carbocycles. The van der Waals surface area contributed by atoms with E-state index < -0.39 is 12.1 Å². The second-order valence-electron chi connectivity index (χ2n) is 3.93. The quantitative estimate of drug-likeness (QED) is 0.814. The van der Waals surface area contributed by atoms with Gasteiger partial charge in [-0.15, -0.1) is 5.53 Å². The van der Waals surface area contributed by atoms with Crippen molar-refractivity contribution in [3.8, 4) is 0 Å². The minimum Gasteiger partial charge on any atom is -0.464 e. The van der Waals surface area contributed by atoms with E-state index in [9.17, 15) is 4.79 Å². The first kappa shape index (κ1) is 13.4. The van der Waals surface area contributed by atoms with E-state index in [4.69, 9.17) is 9.57 Å². The molecule has 6 nitrogen and oxygen atoms in total. The zero-order valence-corrected chi connectivity index (χ0v) is 10.9. The van der Waals surface area contributed by atoms with E-state index in [1.54, 1.807) is 31.3 Å². The zero-order chi connectivity index (χ0) is 13.7. The number of nitrogens with one attached hydrogen (secondary N) is 1. The SMILES string of the molecule is CCOC(=O)C(C)ON1C=CN(c2ccccc2)N1. The Hall–Kier alpha value is -2.05. The maximum atomic E-state index is 11.4. The summed E-state index contributed by atoms with van der Waals surface area (Å²) in [5.74, 6) is -0.393. The van der Waals surface area contributed by atoms with Crippen molar-refractivity contribution in [3.05, 3.63) is 42.7 Å². The van der Waals surface area contributed by atoms with Crippen molar-refractivity contribution in [1.82, 2.24) is 10.7 Å². The number of hydrogen-bond donors (Lipinski definition) is 1. The Bertz CT molecular complexity index is 450. The van der Waals surface area contributed by atoms with Gasteiger partial charge in [0.05, 0.1) is 18.5 Å². The topological polar surface area (TPSA) is 54.0 Å². The number of carbonyl (C=O) groups excluding carboxylic acids is 1. The molecule has 6 heteroatoms. The summed E-state index contributed by atoms with van der Waals surface area (Å²) in [6.45, 7) is 3.74. The molecule has 0 amide bonds. The highest BCUT2D eigenvalue weighted by Gasteiger charge is 2.21. The Morgan fingerprint density at radius 1 is 1.32 bits per heavy atom. The van der Waals surface area contributed by atoms with Gasteiger partial charge in [-0.25, -0.2) is 9.63 Å². The predicted octanol–water partition coefficient (Wildman–Crippen LogP) is 1.58. The van der Waals surface area contributed by atoms with Crippen molar-refractivity contribution in [3.63, 3.8) is 0 Å². The van der Waals surface area contributed by atoms with E-state index in [0.29, 0.717) is 6.61 Å². The molecule has 1 atom stereocenters. The summed E-state index contributed by atoms with van der Waals surface area (Å²) >= 11 is 0. The van der Waals surface area contributed by atoms with Crippen LogP contribution in [0.15, 0.2) is 42.7 Å². The number of esters is 1. The number of hydrazine groups is 2. The zero-order valence-electron chi connectivity index (χ0n) is 10.9. The monoisotopic (exact) mass is 263 g/mol. The van der Waals surface area contributed by atoms with E-state index in [0.717, 1.165) is 5.69 Å². The van der Waals surface area contributed by atoms with Gasteiger partial charge in [0.2, 0.25) is 0 Å². The third-order valence-corrected chi connectivity index (χ3v) is 2.48. The fourth-order valence-corrected chi connectivity index (χ4v) is 1.56. The molecule has 19 heavy (non-hydrogen) atoms. The minimum absolute atomic E-state index is 0.339. The van der Waals surface area contributed by atoms with Crippen LogP contribution in [0.3, 0.4) is 0 Å². The third kappa shape index (κ3) is 3.46. The van der Waals surface area contributed by atoms with Crippen LogP contribution >= 0.6 is 0 Å². The number of anilines is 1. The van der Waals surface area contributed by atoms with E-state index in [-0.39, 0.29) is 0 Å². The number of benzene rings is 1. The van der Waals surface area contributed by atoms with Crippen LogP contribution in [0.5, 0.6) is 0 Å². The standard InChI is InChI=1S/C13H17N3O3/c1-3-18-13(17)11(2)19-16-10-9-15(14-16)12-7-5-4-6-8-12/h4-11,14H,3H2,1-2H3. The van der Waals surface area contributed by atoms with Crippen LogP contribution in [0.2, 0.25) is 0 Å². The Kier molecular flexibility index (Phi) is 4.38. The van der Waals surface area contributed by atoms with Crippen LogP contribution < -0.4 is 10.5 Å². The normalized spacial score (nSPS) is 15.7. The molecule has 0 radical (unpaired) electrons. The van der Waals surface area contributed by atoms with E-state index in [1.807, 2.05) is 30.3 Å². The molecule has 0 aliphatic carbocycles. The van der Waals surface area contributed by atoms with Gasteiger partial charge in [-0.2, -0.15) is 5.17 Å². The van der Waals surface area contributed by atoms with Gasteiger partial charge < -0.3 is 4.74 Å². The highest BCUT2D eigenvalue weighted by Crippen LogP contribution is 2.15.